The van der Waals surface area contributed by atoms with Gasteiger partial charge in [0.15, 0.2) is 5.17 Å². The van der Waals surface area contributed by atoms with Crippen molar-refractivity contribution in [2.24, 2.45) is 4.99 Å². The first-order chi connectivity index (χ1) is 17.0. The highest BCUT2D eigenvalue weighted by Crippen LogP contribution is 2.36. The molecule has 6 nitrogen and oxygen atoms in total. The van der Waals surface area contributed by atoms with E-state index in [1.165, 1.54) is 11.8 Å². The third-order valence-electron chi connectivity index (χ3n) is 6.02. The standard InChI is InChI=1S/C25H25ClF3N3O3S/c1-14-5-3-6-15(2)22(14)31-24-32(13-17-7-4-10-35-17)23(34)20(36-24)12-21(33)30-19-11-16(25(27,28)29)8-9-18(19)26/h3,5-6,8-9,11,17,20H,4,7,10,12-13H2,1-2H3,(H,30,33)/t17-,20-/m1/s1. The number of amidine groups is 1. The molecule has 2 saturated heterocycles. The molecule has 192 valence electrons. The molecule has 2 aliphatic heterocycles. The van der Waals surface area contributed by atoms with Gasteiger partial charge in [-0.3, -0.25) is 14.5 Å². The molecule has 2 aromatic carbocycles. The quantitative estimate of drug-likeness (QED) is 0.480. The van der Waals surface area contributed by atoms with Gasteiger partial charge in [0.2, 0.25) is 11.8 Å². The normalized spacial score (nSPS) is 21.4. The molecule has 1 N–H and O–H groups in total. The van der Waals surface area contributed by atoms with Gasteiger partial charge in [0, 0.05) is 13.0 Å². The summed E-state index contributed by atoms with van der Waals surface area (Å²) >= 11 is 7.17. The Bertz CT molecular complexity index is 1180. The van der Waals surface area contributed by atoms with Crippen LogP contribution in [0.15, 0.2) is 41.4 Å². The van der Waals surface area contributed by atoms with Gasteiger partial charge in [-0.1, -0.05) is 41.6 Å². The third-order valence-corrected chi connectivity index (χ3v) is 7.52. The fourth-order valence-corrected chi connectivity index (χ4v) is 5.45. The Kier molecular flexibility index (Phi) is 7.96. The number of benzene rings is 2. The molecule has 0 saturated carbocycles. The Morgan fingerprint density at radius 2 is 1.97 bits per heavy atom. The SMILES string of the molecule is Cc1cccc(C)c1N=C1S[C@H](CC(=O)Nc2cc(C(F)(F)F)ccc2Cl)C(=O)N1C[C@H]1CCCO1. The Morgan fingerprint density at radius 1 is 1.25 bits per heavy atom. The molecule has 0 unspecified atom stereocenters. The third kappa shape index (κ3) is 6.04. The van der Waals surface area contributed by atoms with Crippen molar-refractivity contribution in [3.05, 3.63) is 58.1 Å². The molecule has 0 bridgehead atoms. The second-order valence-corrected chi connectivity index (χ2v) is 10.3. The summed E-state index contributed by atoms with van der Waals surface area (Å²) in [6.07, 6.45) is -3.21. The number of alkyl halides is 3. The van der Waals surface area contributed by atoms with E-state index in [4.69, 9.17) is 21.3 Å². The zero-order chi connectivity index (χ0) is 26.0. The number of anilines is 1. The van der Waals surface area contributed by atoms with Crippen LogP contribution in [0.4, 0.5) is 24.5 Å². The van der Waals surface area contributed by atoms with E-state index in [2.05, 4.69) is 5.32 Å². The van der Waals surface area contributed by atoms with Crippen LogP contribution < -0.4 is 5.32 Å². The molecular weight excluding hydrogens is 515 g/mol. The number of rotatable bonds is 6. The number of aliphatic imine (C=N–C) groups is 1. The van der Waals surface area contributed by atoms with Crippen LogP contribution in [0.2, 0.25) is 5.02 Å². The number of aryl methyl sites for hydroxylation is 2. The van der Waals surface area contributed by atoms with Crippen LogP contribution in [0.3, 0.4) is 0 Å². The van der Waals surface area contributed by atoms with Crippen molar-refractivity contribution in [1.29, 1.82) is 0 Å². The van der Waals surface area contributed by atoms with E-state index in [0.29, 0.717) is 18.3 Å². The lowest BCUT2D eigenvalue weighted by Gasteiger charge is -2.20. The first-order valence-electron chi connectivity index (χ1n) is 11.4. The molecule has 0 radical (unpaired) electrons. The maximum atomic E-state index is 13.3. The minimum Gasteiger partial charge on any atom is -0.376 e. The molecule has 11 heteroatoms. The number of ether oxygens (including phenoxy) is 1. The lowest BCUT2D eigenvalue weighted by molar-refractivity contribution is -0.137. The van der Waals surface area contributed by atoms with Crippen molar-refractivity contribution >= 4 is 51.7 Å². The molecule has 2 heterocycles. The van der Waals surface area contributed by atoms with Crippen molar-refractivity contribution in [1.82, 2.24) is 4.90 Å². The lowest BCUT2D eigenvalue weighted by Crippen LogP contribution is -2.38. The first-order valence-corrected chi connectivity index (χ1v) is 12.7. The van der Waals surface area contributed by atoms with E-state index in [1.54, 1.807) is 4.90 Å². The summed E-state index contributed by atoms with van der Waals surface area (Å²) in [6, 6.07) is 8.49. The van der Waals surface area contributed by atoms with E-state index in [-0.39, 0.29) is 29.1 Å². The van der Waals surface area contributed by atoms with Crippen molar-refractivity contribution in [2.75, 3.05) is 18.5 Å². The van der Waals surface area contributed by atoms with Crippen molar-refractivity contribution in [3.8, 4) is 0 Å². The Balaban J connectivity index is 1.54. The molecule has 0 spiro atoms. The van der Waals surface area contributed by atoms with Crippen molar-refractivity contribution in [2.45, 2.75) is 50.6 Å². The average molecular weight is 540 g/mol. The molecule has 36 heavy (non-hydrogen) atoms. The Morgan fingerprint density at radius 3 is 2.61 bits per heavy atom. The summed E-state index contributed by atoms with van der Waals surface area (Å²) in [5.41, 5.74) is 1.57. The molecule has 2 aliphatic rings. The van der Waals surface area contributed by atoms with Crippen LogP contribution in [0.1, 0.15) is 36.0 Å². The van der Waals surface area contributed by atoms with Crippen molar-refractivity contribution < 1.29 is 27.5 Å². The molecule has 2 fully saturated rings. The molecular formula is C25H25ClF3N3O3S. The van der Waals surface area contributed by atoms with Crippen LogP contribution >= 0.6 is 23.4 Å². The predicted octanol–water partition coefficient (Wildman–Crippen LogP) is 6.11. The van der Waals surface area contributed by atoms with Gasteiger partial charge in [0.25, 0.3) is 0 Å². The molecule has 0 aliphatic carbocycles. The lowest BCUT2D eigenvalue weighted by atomic mass is 10.1. The second-order valence-electron chi connectivity index (χ2n) is 8.77. The molecule has 0 aromatic heterocycles. The topological polar surface area (TPSA) is 71.0 Å². The monoisotopic (exact) mass is 539 g/mol. The summed E-state index contributed by atoms with van der Waals surface area (Å²) in [4.78, 5) is 32.4. The molecule has 2 atom stereocenters. The molecule has 2 aromatic rings. The average Bonchev–Trinajstić information content (AvgIpc) is 3.41. The van der Waals surface area contributed by atoms with Crippen molar-refractivity contribution in [3.63, 3.8) is 0 Å². The smallest absolute Gasteiger partial charge is 0.376 e. The van der Waals surface area contributed by atoms with Gasteiger partial charge in [-0.25, -0.2) is 4.99 Å². The van der Waals surface area contributed by atoms with Gasteiger partial charge in [-0.2, -0.15) is 13.2 Å². The van der Waals surface area contributed by atoms with Crippen LogP contribution in [0, 0.1) is 13.8 Å². The summed E-state index contributed by atoms with van der Waals surface area (Å²) in [7, 11) is 0. The summed E-state index contributed by atoms with van der Waals surface area (Å²) in [6.45, 7) is 4.82. The number of amides is 2. The number of carbonyl (C=O) groups is 2. The maximum absolute atomic E-state index is 13.3. The van der Waals surface area contributed by atoms with Crippen LogP contribution in [0.5, 0.6) is 0 Å². The van der Waals surface area contributed by atoms with Crippen LogP contribution in [-0.4, -0.2) is 46.4 Å². The van der Waals surface area contributed by atoms with E-state index in [0.717, 1.165) is 47.9 Å². The first kappa shape index (κ1) is 26.5. The van der Waals surface area contributed by atoms with E-state index >= 15 is 0 Å². The van der Waals surface area contributed by atoms with Gasteiger partial charge >= 0.3 is 6.18 Å². The number of thioether (sulfide) groups is 1. The van der Waals surface area contributed by atoms with Gasteiger partial charge in [0.05, 0.1) is 34.6 Å². The zero-order valence-corrected chi connectivity index (χ0v) is 21.3. The number of nitrogens with zero attached hydrogens (tertiary/aromatic N) is 2. The van der Waals surface area contributed by atoms with E-state index in [1.807, 2.05) is 32.0 Å². The Hall–Kier alpha value is -2.56. The zero-order valence-electron chi connectivity index (χ0n) is 19.7. The highest BCUT2D eigenvalue weighted by Gasteiger charge is 2.41. The predicted molar refractivity (Wildman–Crippen MR) is 135 cm³/mol. The van der Waals surface area contributed by atoms with Gasteiger partial charge < -0.3 is 10.1 Å². The second kappa shape index (κ2) is 10.8. The van der Waals surface area contributed by atoms with Gasteiger partial charge in [-0.15, -0.1) is 0 Å². The largest absolute Gasteiger partial charge is 0.416 e. The van der Waals surface area contributed by atoms with Crippen LogP contribution in [0.25, 0.3) is 0 Å². The fraction of sp³-hybridized carbons (Fsp3) is 0.400. The van der Waals surface area contributed by atoms with Crippen LogP contribution in [-0.2, 0) is 20.5 Å². The highest BCUT2D eigenvalue weighted by atomic mass is 35.5. The number of para-hydroxylation sites is 1. The summed E-state index contributed by atoms with van der Waals surface area (Å²) < 4.78 is 44.9. The van der Waals surface area contributed by atoms with E-state index in [9.17, 15) is 22.8 Å². The highest BCUT2D eigenvalue weighted by molar-refractivity contribution is 8.15. The minimum absolute atomic E-state index is 0.0287. The fourth-order valence-electron chi connectivity index (χ4n) is 4.13. The van der Waals surface area contributed by atoms with Gasteiger partial charge in [-0.05, 0) is 56.0 Å². The van der Waals surface area contributed by atoms with E-state index < -0.39 is 22.9 Å². The maximum Gasteiger partial charge on any atom is 0.416 e. The Labute approximate surface area is 216 Å². The number of carbonyl (C=O) groups excluding carboxylic acids is 2. The molecule has 4 rings (SSSR count). The minimum atomic E-state index is -4.58. The number of hydrogen-bond donors (Lipinski definition) is 1. The van der Waals surface area contributed by atoms with Gasteiger partial charge in [0.1, 0.15) is 5.25 Å². The molecule has 2 amide bonds. The number of nitrogens with one attached hydrogen (secondary N) is 1. The summed E-state index contributed by atoms with van der Waals surface area (Å²) in [5.74, 6) is -0.904. The summed E-state index contributed by atoms with van der Waals surface area (Å²) in [5, 5.41) is 2.09. The number of hydrogen-bond acceptors (Lipinski definition) is 5. The number of halogens is 4.